The standard InChI is InChI=1S/C12H20N4O/c1-9-11(8-16(2)15-9)12(17)14-10-5-3-4-6-13-7-10/h8,10,13H,3-7H2,1-2H3,(H,14,17). The molecule has 2 rings (SSSR count). The molecule has 1 aliphatic heterocycles. The van der Waals surface area contributed by atoms with Gasteiger partial charge >= 0.3 is 0 Å². The van der Waals surface area contributed by atoms with Crippen molar-refractivity contribution in [2.45, 2.75) is 32.2 Å². The van der Waals surface area contributed by atoms with E-state index in [9.17, 15) is 4.79 Å². The first-order valence-electron chi connectivity index (χ1n) is 6.18. The second-order valence-electron chi connectivity index (χ2n) is 4.67. The average molecular weight is 236 g/mol. The molecule has 0 spiro atoms. The first-order chi connectivity index (χ1) is 8.16. The van der Waals surface area contributed by atoms with Crippen molar-refractivity contribution in [3.63, 3.8) is 0 Å². The van der Waals surface area contributed by atoms with Crippen molar-refractivity contribution in [3.05, 3.63) is 17.5 Å². The molecule has 17 heavy (non-hydrogen) atoms. The van der Waals surface area contributed by atoms with Crippen LogP contribution in [-0.2, 0) is 7.05 Å². The van der Waals surface area contributed by atoms with E-state index in [0.29, 0.717) is 5.56 Å². The van der Waals surface area contributed by atoms with Crippen LogP contribution in [0.25, 0.3) is 0 Å². The van der Waals surface area contributed by atoms with Gasteiger partial charge in [-0.25, -0.2) is 0 Å². The van der Waals surface area contributed by atoms with Crippen molar-refractivity contribution in [3.8, 4) is 0 Å². The minimum Gasteiger partial charge on any atom is -0.348 e. The Morgan fingerprint density at radius 1 is 1.59 bits per heavy atom. The van der Waals surface area contributed by atoms with E-state index in [1.165, 1.54) is 12.8 Å². The molecule has 5 heteroatoms. The van der Waals surface area contributed by atoms with E-state index in [4.69, 9.17) is 0 Å². The van der Waals surface area contributed by atoms with Gasteiger partial charge in [0.15, 0.2) is 0 Å². The Morgan fingerprint density at radius 2 is 2.41 bits per heavy atom. The van der Waals surface area contributed by atoms with Gasteiger partial charge in [-0.2, -0.15) is 5.10 Å². The van der Waals surface area contributed by atoms with Gasteiger partial charge in [0, 0.05) is 25.8 Å². The summed E-state index contributed by atoms with van der Waals surface area (Å²) in [6.45, 7) is 3.78. The summed E-state index contributed by atoms with van der Waals surface area (Å²) in [6.07, 6.45) is 5.19. The molecule has 1 aromatic heterocycles. The molecule has 1 saturated heterocycles. The smallest absolute Gasteiger partial charge is 0.255 e. The first-order valence-corrected chi connectivity index (χ1v) is 6.18. The van der Waals surface area contributed by atoms with Crippen LogP contribution in [0.2, 0.25) is 0 Å². The molecule has 1 fully saturated rings. The lowest BCUT2D eigenvalue weighted by atomic mass is 10.1. The minimum atomic E-state index is -0.00991. The highest BCUT2D eigenvalue weighted by Gasteiger charge is 2.18. The van der Waals surface area contributed by atoms with E-state index < -0.39 is 0 Å². The molecule has 0 aromatic carbocycles. The molecule has 1 amide bonds. The molecule has 94 valence electrons. The summed E-state index contributed by atoms with van der Waals surface area (Å²) in [6, 6.07) is 0.240. The molecular formula is C12H20N4O. The van der Waals surface area contributed by atoms with Crippen LogP contribution in [0.5, 0.6) is 0 Å². The molecule has 0 aliphatic carbocycles. The predicted molar refractivity (Wildman–Crippen MR) is 65.9 cm³/mol. The van der Waals surface area contributed by atoms with Crippen molar-refractivity contribution in [2.75, 3.05) is 13.1 Å². The second-order valence-corrected chi connectivity index (χ2v) is 4.67. The topological polar surface area (TPSA) is 59.0 Å². The van der Waals surface area contributed by atoms with Gasteiger partial charge in [0.1, 0.15) is 0 Å². The third-order valence-corrected chi connectivity index (χ3v) is 3.14. The van der Waals surface area contributed by atoms with Crippen LogP contribution in [0, 0.1) is 6.92 Å². The molecule has 2 N–H and O–H groups in total. The van der Waals surface area contributed by atoms with Gasteiger partial charge in [0.05, 0.1) is 11.3 Å². The van der Waals surface area contributed by atoms with E-state index in [0.717, 1.165) is 25.2 Å². The van der Waals surface area contributed by atoms with Crippen LogP contribution in [0.3, 0.4) is 0 Å². The SMILES string of the molecule is Cc1nn(C)cc1C(=O)NC1CCCCNC1. The molecule has 1 aromatic rings. The summed E-state index contributed by atoms with van der Waals surface area (Å²) in [4.78, 5) is 12.1. The third-order valence-electron chi connectivity index (χ3n) is 3.14. The maximum Gasteiger partial charge on any atom is 0.255 e. The number of carbonyl (C=O) groups excluding carboxylic acids is 1. The summed E-state index contributed by atoms with van der Waals surface area (Å²) in [5, 5.41) is 10.6. The molecule has 5 nitrogen and oxygen atoms in total. The summed E-state index contributed by atoms with van der Waals surface area (Å²) in [5.41, 5.74) is 1.46. The van der Waals surface area contributed by atoms with Gasteiger partial charge in [0.25, 0.3) is 5.91 Å². The molecule has 0 saturated carbocycles. The number of nitrogens with one attached hydrogen (secondary N) is 2. The number of aryl methyl sites for hydroxylation is 2. The average Bonchev–Trinajstić information content (AvgIpc) is 2.51. The number of hydrogen-bond donors (Lipinski definition) is 2. The Balaban J connectivity index is 1.98. The zero-order chi connectivity index (χ0) is 12.3. The van der Waals surface area contributed by atoms with Crippen LogP contribution in [0.1, 0.15) is 35.3 Å². The molecule has 1 unspecified atom stereocenters. The summed E-state index contributed by atoms with van der Waals surface area (Å²) < 4.78 is 1.68. The maximum atomic E-state index is 12.1. The fourth-order valence-corrected chi connectivity index (χ4v) is 2.23. The molecule has 1 aliphatic rings. The molecular weight excluding hydrogens is 216 g/mol. The summed E-state index contributed by atoms with van der Waals surface area (Å²) in [7, 11) is 1.83. The van der Waals surface area contributed by atoms with Crippen LogP contribution in [0.4, 0.5) is 0 Å². The fourth-order valence-electron chi connectivity index (χ4n) is 2.23. The highest BCUT2D eigenvalue weighted by Crippen LogP contribution is 2.08. The lowest BCUT2D eigenvalue weighted by Crippen LogP contribution is -2.40. The lowest BCUT2D eigenvalue weighted by molar-refractivity contribution is 0.0935. The van der Waals surface area contributed by atoms with Crippen molar-refractivity contribution in [2.24, 2.45) is 7.05 Å². The van der Waals surface area contributed by atoms with Crippen molar-refractivity contribution in [1.29, 1.82) is 0 Å². The van der Waals surface area contributed by atoms with E-state index >= 15 is 0 Å². The predicted octanol–water partition coefficient (Wildman–Crippen LogP) is 0.600. The van der Waals surface area contributed by atoms with Crippen molar-refractivity contribution in [1.82, 2.24) is 20.4 Å². The van der Waals surface area contributed by atoms with E-state index in [-0.39, 0.29) is 11.9 Å². The number of carbonyl (C=O) groups is 1. The monoisotopic (exact) mass is 236 g/mol. The number of rotatable bonds is 2. The highest BCUT2D eigenvalue weighted by molar-refractivity contribution is 5.95. The summed E-state index contributed by atoms with van der Waals surface area (Å²) >= 11 is 0. The Labute approximate surface area is 102 Å². The number of aromatic nitrogens is 2. The fraction of sp³-hybridized carbons (Fsp3) is 0.667. The molecule has 2 heterocycles. The minimum absolute atomic E-state index is 0.00991. The van der Waals surface area contributed by atoms with Gasteiger partial charge in [-0.15, -0.1) is 0 Å². The van der Waals surface area contributed by atoms with Crippen LogP contribution < -0.4 is 10.6 Å². The largest absolute Gasteiger partial charge is 0.348 e. The van der Waals surface area contributed by atoms with Gasteiger partial charge in [0.2, 0.25) is 0 Å². The highest BCUT2D eigenvalue weighted by atomic mass is 16.1. The Hall–Kier alpha value is -1.36. The van der Waals surface area contributed by atoms with Crippen molar-refractivity contribution >= 4 is 5.91 Å². The maximum absolute atomic E-state index is 12.1. The Bertz CT molecular complexity index is 391. The van der Waals surface area contributed by atoms with E-state index in [2.05, 4.69) is 15.7 Å². The zero-order valence-corrected chi connectivity index (χ0v) is 10.5. The van der Waals surface area contributed by atoms with Gasteiger partial charge in [-0.1, -0.05) is 6.42 Å². The van der Waals surface area contributed by atoms with Gasteiger partial charge < -0.3 is 10.6 Å². The van der Waals surface area contributed by atoms with E-state index in [1.54, 1.807) is 10.9 Å². The first kappa shape index (κ1) is 12.1. The zero-order valence-electron chi connectivity index (χ0n) is 10.5. The Morgan fingerprint density at radius 3 is 3.12 bits per heavy atom. The van der Waals surface area contributed by atoms with Crippen LogP contribution in [0.15, 0.2) is 6.20 Å². The molecule has 0 radical (unpaired) electrons. The molecule has 0 bridgehead atoms. The van der Waals surface area contributed by atoms with Gasteiger partial charge in [-0.3, -0.25) is 9.48 Å². The quantitative estimate of drug-likeness (QED) is 0.790. The van der Waals surface area contributed by atoms with E-state index in [1.807, 2.05) is 14.0 Å². The normalized spacial score (nSPS) is 20.9. The number of hydrogen-bond acceptors (Lipinski definition) is 3. The lowest BCUT2D eigenvalue weighted by Gasteiger charge is -2.15. The second kappa shape index (κ2) is 5.31. The Kier molecular flexibility index (Phi) is 3.78. The van der Waals surface area contributed by atoms with Crippen LogP contribution in [-0.4, -0.2) is 34.8 Å². The van der Waals surface area contributed by atoms with Crippen molar-refractivity contribution < 1.29 is 4.79 Å². The van der Waals surface area contributed by atoms with Gasteiger partial charge in [-0.05, 0) is 26.3 Å². The number of amides is 1. The van der Waals surface area contributed by atoms with Crippen LogP contribution >= 0.6 is 0 Å². The third kappa shape index (κ3) is 3.06. The molecule has 1 atom stereocenters. The summed E-state index contributed by atoms with van der Waals surface area (Å²) in [5.74, 6) is -0.00991. The number of nitrogens with zero attached hydrogens (tertiary/aromatic N) is 2.